The van der Waals surface area contributed by atoms with E-state index in [1.165, 1.54) is 0 Å². The maximum atomic E-state index is 9.59. The molecule has 1 unspecified atom stereocenters. The fourth-order valence-electron chi connectivity index (χ4n) is 1.60. The van der Waals surface area contributed by atoms with Crippen LogP contribution in [0.15, 0.2) is 24.3 Å². The topological polar surface area (TPSA) is 58.3 Å². The first kappa shape index (κ1) is 11.9. The van der Waals surface area contributed by atoms with Crippen LogP contribution in [0.4, 0.5) is 5.69 Å². The second kappa shape index (κ2) is 5.61. The quantitative estimate of drug-likeness (QED) is 0.650. The maximum absolute atomic E-state index is 9.59. The molecule has 1 aromatic carbocycles. The van der Waals surface area contributed by atoms with Crippen molar-refractivity contribution in [2.24, 2.45) is 11.7 Å². The molecule has 3 nitrogen and oxygen atoms in total. The minimum Gasteiger partial charge on any atom is -0.506 e. The van der Waals surface area contributed by atoms with E-state index >= 15 is 0 Å². The molecule has 0 aliphatic heterocycles. The van der Waals surface area contributed by atoms with E-state index in [0.29, 0.717) is 12.5 Å². The van der Waals surface area contributed by atoms with Crippen molar-refractivity contribution in [1.82, 2.24) is 0 Å². The standard InChI is InChI=1S/C12H20N2O/c1-9(2)7-10(8-13)14-11-5-3-4-6-12(11)15/h3-6,9-10,14-15H,7-8,13H2,1-2H3. The monoisotopic (exact) mass is 208 g/mol. The molecule has 84 valence electrons. The van der Waals surface area contributed by atoms with Crippen molar-refractivity contribution >= 4 is 5.69 Å². The summed E-state index contributed by atoms with van der Waals surface area (Å²) < 4.78 is 0. The number of nitrogens with two attached hydrogens (primary N) is 1. The van der Waals surface area contributed by atoms with Crippen LogP contribution in [0.1, 0.15) is 20.3 Å². The molecule has 0 aromatic heterocycles. The fraction of sp³-hybridized carbons (Fsp3) is 0.500. The van der Waals surface area contributed by atoms with E-state index in [1.807, 2.05) is 12.1 Å². The minimum absolute atomic E-state index is 0.221. The van der Waals surface area contributed by atoms with Crippen LogP contribution in [0.3, 0.4) is 0 Å². The van der Waals surface area contributed by atoms with Gasteiger partial charge in [-0.25, -0.2) is 0 Å². The number of nitrogens with one attached hydrogen (secondary N) is 1. The number of hydrogen-bond donors (Lipinski definition) is 3. The average Bonchev–Trinajstić information content (AvgIpc) is 2.19. The Morgan fingerprint density at radius 1 is 1.33 bits per heavy atom. The summed E-state index contributed by atoms with van der Waals surface area (Å²) in [6, 6.07) is 7.45. The van der Waals surface area contributed by atoms with Crippen molar-refractivity contribution in [3.05, 3.63) is 24.3 Å². The zero-order valence-electron chi connectivity index (χ0n) is 9.40. The number of para-hydroxylation sites is 2. The van der Waals surface area contributed by atoms with Gasteiger partial charge in [-0.2, -0.15) is 0 Å². The van der Waals surface area contributed by atoms with Crippen molar-refractivity contribution in [1.29, 1.82) is 0 Å². The van der Waals surface area contributed by atoms with Crippen LogP contribution in [-0.4, -0.2) is 17.7 Å². The van der Waals surface area contributed by atoms with Gasteiger partial charge < -0.3 is 16.2 Å². The molecule has 1 rings (SSSR count). The predicted molar refractivity (Wildman–Crippen MR) is 64.0 cm³/mol. The van der Waals surface area contributed by atoms with E-state index in [9.17, 15) is 5.11 Å². The molecule has 0 saturated heterocycles. The molecule has 0 aliphatic carbocycles. The molecule has 0 saturated carbocycles. The first-order valence-electron chi connectivity index (χ1n) is 5.38. The third-order valence-electron chi connectivity index (χ3n) is 2.30. The van der Waals surface area contributed by atoms with Gasteiger partial charge in [-0.05, 0) is 24.5 Å². The van der Waals surface area contributed by atoms with Crippen LogP contribution in [0.25, 0.3) is 0 Å². The van der Waals surface area contributed by atoms with Crippen molar-refractivity contribution in [2.45, 2.75) is 26.3 Å². The molecule has 0 bridgehead atoms. The van der Waals surface area contributed by atoms with Gasteiger partial charge in [0.1, 0.15) is 5.75 Å². The van der Waals surface area contributed by atoms with Gasteiger partial charge in [0.05, 0.1) is 5.69 Å². The Morgan fingerprint density at radius 2 is 2.00 bits per heavy atom. The van der Waals surface area contributed by atoms with E-state index in [1.54, 1.807) is 12.1 Å². The smallest absolute Gasteiger partial charge is 0.138 e. The Morgan fingerprint density at radius 3 is 2.53 bits per heavy atom. The molecule has 0 radical (unpaired) electrons. The third-order valence-corrected chi connectivity index (χ3v) is 2.30. The first-order valence-corrected chi connectivity index (χ1v) is 5.38. The Bertz CT molecular complexity index is 299. The van der Waals surface area contributed by atoms with Gasteiger partial charge in [0.15, 0.2) is 0 Å². The Balaban J connectivity index is 2.62. The third kappa shape index (κ3) is 3.80. The van der Waals surface area contributed by atoms with E-state index in [2.05, 4.69) is 19.2 Å². The summed E-state index contributed by atoms with van der Waals surface area (Å²) in [5.41, 5.74) is 6.43. The second-order valence-corrected chi connectivity index (χ2v) is 4.22. The number of hydrogen-bond acceptors (Lipinski definition) is 3. The van der Waals surface area contributed by atoms with E-state index in [4.69, 9.17) is 5.73 Å². The van der Waals surface area contributed by atoms with Gasteiger partial charge in [-0.1, -0.05) is 26.0 Å². The number of anilines is 1. The van der Waals surface area contributed by atoms with Crippen molar-refractivity contribution < 1.29 is 5.11 Å². The fourth-order valence-corrected chi connectivity index (χ4v) is 1.60. The zero-order chi connectivity index (χ0) is 11.3. The lowest BCUT2D eigenvalue weighted by Gasteiger charge is -2.20. The van der Waals surface area contributed by atoms with E-state index in [-0.39, 0.29) is 11.8 Å². The van der Waals surface area contributed by atoms with Gasteiger partial charge in [-0.15, -0.1) is 0 Å². The lowest BCUT2D eigenvalue weighted by atomic mass is 10.0. The lowest BCUT2D eigenvalue weighted by Crippen LogP contribution is -2.30. The Hall–Kier alpha value is -1.22. The maximum Gasteiger partial charge on any atom is 0.138 e. The summed E-state index contributed by atoms with van der Waals surface area (Å²) in [5, 5.41) is 12.8. The molecule has 3 heteroatoms. The molecule has 15 heavy (non-hydrogen) atoms. The molecule has 1 atom stereocenters. The highest BCUT2D eigenvalue weighted by Crippen LogP contribution is 2.23. The zero-order valence-corrected chi connectivity index (χ0v) is 9.40. The van der Waals surface area contributed by atoms with Crippen LogP contribution in [-0.2, 0) is 0 Å². The molecule has 0 spiro atoms. The second-order valence-electron chi connectivity index (χ2n) is 4.22. The van der Waals surface area contributed by atoms with E-state index < -0.39 is 0 Å². The lowest BCUT2D eigenvalue weighted by molar-refractivity contribution is 0.473. The van der Waals surface area contributed by atoms with Gasteiger partial charge in [0.2, 0.25) is 0 Å². The van der Waals surface area contributed by atoms with Crippen LogP contribution < -0.4 is 11.1 Å². The van der Waals surface area contributed by atoms with Crippen molar-refractivity contribution in [3.8, 4) is 5.75 Å². The number of benzene rings is 1. The van der Waals surface area contributed by atoms with Crippen LogP contribution in [0.2, 0.25) is 0 Å². The molecular formula is C12H20N2O. The van der Waals surface area contributed by atoms with Gasteiger partial charge in [0, 0.05) is 12.6 Å². The highest BCUT2D eigenvalue weighted by molar-refractivity contribution is 5.55. The number of phenols is 1. The van der Waals surface area contributed by atoms with Gasteiger partial charge in [-0.3, -0.25) is 0 Å². The summed E-state index contributed by atoms with van der Waals surface area (Å²) in [4.78, 5) is 0. The molecule has 0 heterocycles. The summed E-state index contributed by atoms with van der Waals surface area (Å²) in [5.74, 6) is 0.872. The van der Waals surface area contributed by atoms with Gasteiger partial charge in [0.25, 0.3) is 0 Å². The largest absolute Gasteiger partial charge is 0.506 e. The Labute approximate surface area is 91.3 Å². The summed E-state index contributed by atoms with van der Waals surface area (Å²) in [7, 11) is 0. The molecular weight excluding hydrogens is 188 g/mol. The van der Waals surface area contributed by atoms with Crippen molar-refractivity contribution in [2.75, 3.05) is 11.9 Å². The van der Waals surface area contributed by atoms with Crippen LogP contribution >= 0.6 is 0 Å². The Kier molecular flexibility index (Phi) is 4.43. The van der Waals surface area contributed by atoms with Crippen LogP contribution in [0, 0.1) is 5.92 Å². The summed E-state index contributed by atoms with van der Waals surface area (Å²) in [6.07, 6.45) is 1.00. The predicted octanol–water partition coefficient (Wildman–Crippen LogP) is 2.18. The molecule has 0 amide bonds. The van der Waals surface area contributed by atoms with Crippen LogP contribution in [0.5, 0.6) is 5.75 Å². The van der Waals surface area contributed by atoms with E-state index in [0.717, 1.165) is 12.1 Å². The molecule has 0 fully saturated rings. The van der Waals surface area contributed by atoms with Crippen molar-refractivity contribution in [3.63, 3.8) is 0 Å². The molecule has 4 N–H and O–H groups in total. The molecule has 1 aromatic rings. The number of phenolic OH excluding ortho intramolecular Hbond substituents is 1. The normalized spacial score (nSPS) is 12.8. The summed E-state index contributed by atoms with van der Waals surface area (Å²) >= 11 is 0. The summed E-state index contributed by atoms with van der Waals surface area (Å²) in [6.45, 7) is 4.90. The molecule has 0 aliphatic rings. The SMILES string of the molecule is CC(C)CC(CN)Nc1ccccc1O. The number of rotatable bonds is 5. The minimum atomic E-state index is 0.221. The number of aromatic hydroxyl groups is 1. The first-order chi connectivity index (χ1) is 7.13. The highest BCUT2D eigenvalue weighted by atomic mass is 16.3. The average molecular weight is 208 g/mol. The highest BCUT2D eigenvalue weighted by Gasteiger charge is 2.10. The van der Waals surface area contributed by atoms with Gasteiger partial charge >= 0.3 is 0 Å².